The second-order valence-electron chi connectivity index (χ2n) is 7.01. The molecule has 0 aliphatic heterocycles. The lowest BCUT2D eigenvalue weighted by atomic mass is 9.85. The Bertz CT molecular complexity index is 525. The lowest BCUT2D eigenvalue weighted by molar-refractivity contribution is 0.140. The molecular formula is C17H25FO2S. The van der Waals surface area contributed by atoms with Crippen LogP contribution in [0.2, 0.25) is 0 Å². The van der Waals surface area contributed by atoms with Gasteiger partial charge in [0.1, 0.15) is 12.3 Å². The molecule has 1 aliphatic carbocycles. The summed E-state index contributed by atoms with van der Waals surface area (Å²) in [5.74, 6) is 0. The van der Waals surface area contributed by atoms with Crippen molar-refractivity contribution in [2.45, 2.75) is 76.5 Å². The average molecular weight is 312 g/mol. The molecule has 1 saturated carbocycles. The zero-order valence-corrected chi connectivity index (χ0v) is 14.3. The minimum atomic E-state index is -1.59. The molecule has 0 N–H and O–H groups in total. The number of rotatable bonds is 3. The smallest absolute Gasteiger partial charge is 0.190 e. The normalized spacial score (nSPS) is 24.3. The first-order valence-electron chi connectivity index (χ1n) is 7.55. The van der Waals surface area contributed by atoms with Crippen LogP contribution in [-0.2, 0) is 20.7 Å². The van der Waals surface area contributed by atoms with Gasteiger partial charge in [0.15, 0.2) is 11.1 Å². The van der Waals surface area contributed by atoms with E-state index in [0.717, 1.165) is 17.5 Å². The Morgan fingerprint density at radius 3 is 2.19 bits per heavy atom. The Labute approximate surface area is 129 Å². The van der Waals surface area contributed by atoms with Crippen LogP contribution in [0, 0.1) is 13.8 Å². The summed E-state index contributed by atoms with van der Waals surface area (Å²) in [6.45, 7) is 10.3. The molecule has 2 nitrogen and oxygen atoms in total. The van der Waals surface area contributed by atoms with E-state index in [1.807, 2.05) is 13.8 Å². The first-order valence-corrected chi connectivity index (χ1v) is 8.62. The SMILES string of the molecule is Cc1cc(C(C)(C)C)cc(C)c1S(=O)OC1CCCC1F. The second kappa shape index (κ2) is 6.17. The molecule has 3 atom stereocenters. The number of alkyl halides is 1. The van der Waals surface area contributed by atoms with Crippen LogP contribution in [0.25, 0.3) is 0 Å². The number of hydrogen-bond acceptors (Lipinski definition) is 2. The average Bonchev–Trinajstić information content (AvgIpc) is 2.73. The number of hydrogen-bond donors (Lipinski definition) is 0. The summed E-state index contributed by atoms with van der Waals surface area (Å²) >= 11 is -1.59. The van der Waals surface area contributed by atoms with Crippen molar-refractivity contribution in [2.75, 3.05) is 0 Å². The molecule has 4 heteroatoms. The highest BCUT2D eigenvalue weighted by Crippen LogP contribution is 2.31. The van der Waals surface area contributed by atoms with Crippen LogP contribution in [0.1, 0.15) is 56.7 Å². The minimum absolute atomic E-state index is 0.0475. The summed E-state index contributed by atoms with van der Waals surface area (Å²) in [5.41, 5.74) is 3.16. The van der Waals surface area contributed by atoms with Gasteiger partial charge in [-0.15, -0.1) is 0 Å². The van der Waals surface area contributed by atoms with Gasteiger partial charge in [0.25, 0.3) is 0 Å². The molecule has 2 rings (SSSR count). The third kappa shape index (κ3) is 3.72. The van der Waals surface area contributed by atoms with Gasteiger partial charge < -0.3 is 0 Å². The van der Waals surface area contributed by atoms with Crippen LogP contribution in [0.3, 0.4) is 0 Å². The number of halogens is 1. The van der Waals surface area contributed by atoms with E-state index in [0.29, 0.717) is 17.7 Å². The van der Waals surface area contributed by atoms with E-state index < -0.39 is 23.4 Å². The van der Waals surface area contributed by atoms with Crippen molar-refractivity contribution >= 4 is 11.1 Å². The maximum atomic E-state index is 13.6. The van der Waals surface area contributed by atoms with Crippen molar-refractivity contribution < 1.29 is 12.8 Å². The molecule has 0 heterocycles. The topological polar surface area (TPSA) is 26.3 Å². The van der Waals surface area contributed by atoms with E-state index in [2.05, 4.69) is 32.9 Å². The van der Waals surface area contributed by atoms with E-state index in [9.17, 15) is 8.60 Å². The first kappa shape index (κ1) is 16.6. The third-order valence-corrected chi connectivity index (χ3v) is 5.48. The number of aryl methyl sites for hydroxylation is 2. The summed E-state index contributed by atoms with van der Waals surface area (Å²) in [4.78, 5) is 0.696. The summed E-state index contributed by atoms with van der Waals surface area (Å²) in [5, 5.41) is 0. The second-order valence-corrected chi connectivity index (χ2v) is 8.08. The molecular weight excluding hydrogens is 287 g/mol. The van der Waals surface area contributed by atoms with E-state index in [-0.39, 0.29) is 5.41 Å². The summed E-state index contributed by atoms with van der Waals surface area (Å²) in [6.07, 6.45) is 0.480. The van der Waals surface area contributed by atoms with E-state index in [1.54, 1.807) is 0 Å². The van der Waals surface area contributed by atoms with Crippen LogP contribution >= 0.6 is 0 Å². The molecule has 0 aromatic heterocycles. The largest absolute Gasteiger partial charge is 0.280 e. The molecule has 0 amide bonds. The van der Waals surface area contributed by atoms with Crippen molar-refractivity contribution in [3.63, 3.8) is 0 Å². The van der Waals surface area contributed by atoms with E-state index >= 15 is 0 Å². The molecule has 1 aromatic rings. The Balaban J connectivity index is 2.25. The fourth-order valence-electron chi connectivity index (χ4n) is 2.80. The third-order valence-electron chi connectivity index (χ3n) is 4.08. The first-order chi connectivity index (χ1) is 9.70. The highest BCUT2D eigenvalue weighted by atomic mass is 32.2. The van der Waals surface area contributed by atoms with Crippen LogP contribution < -0.4 is 0 Å². The molecule has 21 heavy (non-hydrogen) atoms. The Morgan fingerprint density at radius 1 is 1.19 bits per heavy atom. The molecule has 118 valence electrons. The van der Waals surface area contributed by atoms with Gasteiger partial charge in [-0.1, -0.05) is 32.9 Å². The summed E-state index contributed by atoms with van der Waals surface area (Å²) in [7, 11) is 0. The Morgan fingerprint density at radius 2 is 1.76 bits per heavy atom. The standard InChI is InChI=1S/C17H25FO2S/c1-11-9-13(17(3,4)5)10-12(2)16(11)21(19)20-15-8-6-7-14(15)18/h9-10,14-15H,6-8H2,1-5H3. The highest BCUT2D eigenvalue weighted by Gasteiger charge is 2.31. The molecule has 0 saturated heterocycles. The van der Waals surface area contributed by atoms with E-state index in [1.165, 1.54) is 5.56 Å². The van der Waals surface area contributed by atoms with E-state index in [4.69, 9.17) is 4.18 Å². The Kier molecular flexibility index (Phi) is 4.89. The summed E-state index contributed by atoms with van der Waals surface area (Å²) in [6, 6.07) is 4.12. The summed E-state index contributed by atoms with van der Waals surface area (Å²) < 4.78 is 31.6. The Hall–Kier alpha value is -0.740. The zero-order valence-electron chi connectivity index (χ0n) is 13.5. The van der Waals surface area contributed by atoms with Gasteiger partial charge in [-0.25, -0.2) is 8.60 Å². The molecule has 3 unspecified atom stereocenters. The monoisotopic (exact) mass is 312 g/mol. The molecule has 1 fully saturated rings. The van der Waals surface area contributed by atoms with Crippen LogP contribution in [0.4, 0.5) is 4.39 Å². The van der Waals surface area contributed by atoms with Crippen molar-refractivity contribution in [1.29, 1.82) is 0 Å². The van der Waals surface area contributed by atoms with Gasteiger partial charge in [-0.05, 0) is 55.2 Å². The van der Waals surface area contributed by atoms with Gasteiger partial charge in [0.2, 0.25) is 0 Å². The predicted molar refractivity (Wildman–Crippen MR) is 84.6 cm³/mol. The maximum absolute atomic E-state index is 13.6. The van der Waals surface area contributed by atoms with Gasteiger partial charge in [0.05, 0.1) is 4.90 Å². The highest BCUT2D eigenvalue weighted by molar-refractivity contribution is 7.80. The van der Waals surface area contributed by atoms with Crippen LogP contribution in [-0.4, -0.2) is 16.5 Å². The van der Waals surface area contributed by atoms with Gasteiger partial charge >= 0.3 is 0 Å². The maximum Gasteiger partial charge on any atom is 0.190 e. The molecule has 0 spiro atoms. The van der Waals surface area contributed by atoms with Crippen molar-refractivity contribution in [3.05, 3.63) is 28.8 Å². The van der Waals surface area contributed by atoms with Gasteiger partial charge in [-0.2, -0.15) is 0 Å². The van der Waals surface area contributed by atoms with Crippen molar-refractivity contribution in [2.24, 2.45) is 0 Å². The minimum Gasteiger partial charge on any atom is -0.280 e. The molecule has 1 aliphatic rings. The van der Waals surface area contributed by atoms with Crippen LogP contribution in [0.15, 0.2) is 17.0 Å². The fraction of sp³-hybridized carbons (Fsp3) is 0.647. The van der Waals surface area contributed by atoms with Crippen molar-refractivity contribution in [3.8, 4) is 0 Å². The molecule has 0 bridgehead atoms. The lowest BCUT2D eigenvalue weighted by Crippen LogP contribution is -2.21. The number of benzene rings is 1. The quantitative estimate of drug-likeness (QED) is 0.819. The predicted octanol–water partition coefficient (Wildman–Crippen LogP) is 4.53. The van der Waals surface area contributed by atoms with Gasteiger partial charge in [0, 0.05) is 0 Å². The zero-order chi connectivity index (χ0) is 15.8. The fourth-order valence-corrected chi connectivity index (χ4v) is 3.98. The molecule has 1 aromatic carbocycles. The van der Waals surface area contributed by atoms with Crippen LogP contribution in [0.5, 0.6) is 0 Å². The lowest BCUT2D eigenvalue weighted by Gasteiger charge is -2.22. The molecule has 0 radical (unpaired) electrons. The van der Waals surface area contributed by atoms with Gasteiger partial charge in [-0.3, -0.25) is 4.18 Å². The van der Waals surface area contributed by atoms with Crippen molar-refractivity contribution in [1.82, 2.24) is 0 Å².